The molecule has 0 atom stereocenters. The molecule has 24 heavy (non-hydrogen) atoms. The van der Waals surface area contributed by atoms with Gasteiger partial charge in [-0.1, -0.05) is 0 Å². The van der Waals surface area contributed by atoms with Gasteiger partial charge in [0.1, 0.15) is 0 Å². The fourth-order valence-corrected chi connectivity index (χ4v) is 9.17. The fraction of sp³-hybridized carbons (Fsp3) is 0.200. The van der Waals surface area contributed by atoms with E-state index in [1.165, 1.54) is 0 Å². The summed E-state index contributed by atoms with van der Waals surface area (Å²) in [6.07, 6.45) is 36.1. The Hall–Kier alpha value is 0.266. The standard InChI is InChI=1S/4C5H5.2ClH.2Zr/c4*1-2-4-5-3-1;;;;/h4*1-5H;2*1H;;/q;;;;;;2*+2/p-2. The second kappa shape index (κ2) is 12.6. The van der Waals surface area contributed by atoms with Crippen LogP contribution in [0.15, 0.2) is 97.2 Å². The van der Waals surface area contributed by atoms with Crippen molar-refractivity contribution in [1.82, 2.24) is 0 Å². The molecule has 120 valence electrons. The molecular formula is C20H20Cl2Zr2+2. The smallest absolute Gasteiger partial charge is 1.00 e. The van der Waals surface area contributed by atoms with Crippen LogP contribution in [0.3, 0.4) is 0 Å². The molecule has 0 saturated carbocycles. The van der Waals surface area contributed by atoms with Gasteiger partial charge >= 0.3 is 158 Å². The number of hydrogen-bond acceptors (Lipinski definition) is 0. The molecule has 0 nitrogen and oxygen atoms in total. The van der Waals surface area contributed by atoms with E-state index in [1.54, 1.807) is 0 Å². The molecular weight excluding hydrogens is 494 g/mol. The summed E-state index contributed by atoms with van der Waals surface area (Å²) >= 11 is -0.512. The molecule has 0 radical (unpaired) electrons. The third-order valence-electron chi connectivity index (χ3n) is 3.76. The number of halogens is 2. The van der Waals surface area contributed by atoms with Gasteiger partial charge in [-0.25, -0.2) is 0 Å². The fourth-order valence-electron chi connectivity index (χ4n) is 2.62. The van der Waals surface area contributed by atoms with Crippen molar-refractivity contribution in [2.75, 3.05) is 0 Å². The first-order valence-corrected chi connectivity index (χ1v) is 13.5. The summed E-state index contributed by atoms with van der Waals surface area (Å²) in [6, 6.07) is 0. The van der Waals surface area contributed by atoms with Crippen molar-refractivity contribution in [3.63, 3.8) is 0 Å². The van der Waals surface area contributed by atoms with Gasteiger partial charge in [0, 0.05) is 0 Å². The third-order valence-corrected chi connectivity index (χ3v) is 11.3. The van der Waals surface area contributed by atoms with Gasteiger partial charge in [-0.3, -0.25) is 0 Å². The maximum Gasteiger partial charge on any atom is -1.00 e. The zero-order valence-electron chi connectivity index (χ0n) is 13.3. The summed E-state index contributed by atoms with van der Waals surface area (Å²) in [5, 5.41) is 0. The van der Waals surface area contributed by atoms with Crippen LogP contribution in [0.25, 0.3) is 0 Å². The maximum absolute atomic E-state index is 2.34. The van der Waals surface area contributed by atoms with Crippen LogP contribution in [0, 0.1) is 0 Å². The summed E-state index contributed by atoms with van der Waals surface area (Å²) in [5.41, 5.74) is 0. The minimum absolute atomic E-state index is 0. The molecule has 0 aromatic carbocycles. The Labute approximate surface area is 181 Å². The quantitative estimate of drug-likeness (QED) is 0.489. The predicted molar refractivity (Wildman–Crippen MR) is 88.1 cm³/mol. The van der Waals surface area contributed by atoms with Gasteiger partial charge in [0.25, 0.3) is 0 Å². The van der Waals surface area contributed by atoms with E-state index in [1.807, 2.05) is 0 Å². The predicted octanol–water partition coefficient (Wildman–Crippen LogP) is -0.196. The van der Waals surface area contributed by atoms with E-state index in [2.05, 4.69) is 97.2 Å². The van der Waals surface area contributed by atoms with Crippen molar-refractivity contribution >= 4 is 0 Å². The molecule has 0 aliphatic heterocycles. The van der Waals surface area contributed by atoms with Gasteiger partial charge in [0.05, 0.1) is 0 Å². The minimum atomic E-state index is -0.256. The number of hydrogen-bond donors (Lipinski definition) is 0. The van der Waals surface area contributed by atoms with Crippen LogP contribution in [0.1, 0.15) is 0 Å². The Morgan fingerprint density at radius 3 is 0.667 bits per heavy atom. The Balaban J connectivity index is 0.000000222. The zero-order chi connectivity index (χ0) is 15.0. The summed E-state index contributed by atoms with van der Waals surface area (Å²) in [5.74, 6) is 0. The van der Waals surface area contributed by atoms with E-state index < -0.39 is 0 Å². The van der Waals surface area contributed by atoms with Crippen LogP contribution in [-0.4, -0.2) is 0 Å². The van der Waals surface area contributed by atoms with Crippen LogP contribution >= 0.6 is 0 Å². The molecule has 4 heteroatoms. The normalized spacial score (nSPS) is 20.0. The molecule has 0 aromatic rings. The molecule has 0 amide bonds. The second-order valence-corrected chi connectivity index (χ2v) is 13.7. The van der Waals surface area contributed by atoms with Crippen molar-refractivity contribution in [2.24, 2.45) is 0 Å². The van der Waals surface area contributed by atoms with Crippen LogP contribution in [0.2, 0.25) is 14.5 Å². The van der Waals surface area contributed by atoms with E-state index in [0.29, 0.717) is 0 Å². The van der Waals surface area contributed by atoms with E-state index in [9.17, 15) is 0 Å². The SMILES string of the molecule is C1=C[CH]([Zr+2][CH]2C=CC=C2)C=C1.C1=C[CH]([Zr+2][CH]2C=CC=C2)C=C1.[Cl-].[Cl-]. The Morgan fingerprint density at radius 1 is 0.333 bits per heavy atom. The average Bonchev–Trinajstić information content (AvgIpc) is 3.31. The Kier molecular flexibility index (Phi) is 11.7. The van der Waals surface area contributed by atoms with E-state index in [-0.39, 0.29) is 71.3 Å². The molecule has 0 heterocycles. The van der Waals surface area contributed by atoms with Gasteiger partial charge in [-0.15, -0.1) is 0 Å². The Morgan fingerprint density at radius 2 is 0.500 bits per heavy atom. The van der Waals surface area contributed by atoms with Crippen molar-refractivity contribution in [3.8, 4) is 0 Å². The molecule has 4 aliphatic carbocycles. The summed E-state index contributed by atoms with van der Waals surface area (Å²) < 4.78 is 3.37. The van der Waals surface area contributed by atoms with Gasteiger partial charge in [0.15, 0.2) is 0 Å². The van der Waals surface area contributed by atoms with E-state index in [4.69, 9.17) is 0 Å². The molecule has 0 N–H and O–H groups in total. The molecule has 0 bridgehead atoms. The van der Waals surface area contributed by atoms with Crippen molar-refractivity contribution in [1.29, 1.82) is 0 Å². The Bertz CT molecular complexity index is 455. The second-order valence-electron chi connectivity index (χ2n) is 5.52. The first-order chi connectivity index (χ1) is 10.9. The average molecular weight is 514 g/mol. The largest absolute Gasteiger partial charge is 1.00 e. The molecule has 0 aromatic heterocycles. The van der Waals surface area contributed by atoms with Crippen molar-refractivity contribution in [3.05, 3.63) is 97.2 Å². The number of rotatable bonds is 4. The molecule has 4 rings (SSSR count). The third kappa shape index (κ3) is 7.66. The van der Waals surface area contributed by atoms with Crippen LogP contribution in [0.4, 0.5) is 0 Å². The van der Waals surface area contributed by atoms with E-state index >= 15 is 0 Å². The molecule has 0 unspecified atom stereocenters. The van der Waals surface area contributed by atoms with Crippen LogP contribution < -0.4 is 24.8 Å². The zero-order valence-corrected chi connectivity index (χ0v) is 19.7. The van der Waals surface area contributed by atoms with E-state index in [0.717, 1.165) is 14.5 Å². The van der Waals surface area contributed by atoms with Gasteiger partial charge in [-0.2, -0.15) is 0 Å². The number of allylic oxidation sites excluding steroid dienone is 16. The van der Waals surface area contributed by atoms with Crippen molar-refractivity contribution in [2.45, 2.75) is 14.5 Å². The molecule has 0 fully saturated rings. The van der Waals surface area contributed by atoms with Crippen molar-refractivity contribution < 1.29 is 71.3 Å². The first-order valence-electron chi connectivity index (χ1n) is 7.82. The van der Waals surface area contributed by atoms with Gasteiger partial charge in [0.2, 0.25) is 0 Å². The van der Waals surface area contributed by atoms with Gasteiger partial charge < -0.3 is 24.8 Å². The summed E-state index contributed by atoms with van der Waals surface area (Å²) in [4.78, 5) is 0. The minimum Gasteiger partial charge on any atom is -1.00 e. The topological polar surface area (TPSA) is 0 Å². The van der Waals surface area contributed by atoms with Crippen LogP contribution in [-0.2, 0) is 46.5 Å². The summed E-state index contributed by atoms with van der Waals surface area (Å²) in [6.45, 7) is 0. The molecule has 0 spiro atoms. The summed E-state index contributed by atoms with van der Waals surface area (Å²) in [7, 11) is 0. The maximum atomic E-state index is 2.34. The monoisotopic (exact) mass is 510 g/mol. The first kappa shape index (κ1) is 22.3. The van der Waals surface area contributed by atoms with Crippen LogP contribution in [0.5, 0.6) is 0 Å². The van der Waals surface area contributed by atoms with Gasteiger partial charge in [-0.05, 0) is 0 Å². The molecule has 0 saturated heterocycles. The molecule has 4 aliphatic rings.